The maximum absolute atomic E-state index is 11.9. The Labute approximate surface area is 160 Å². The molecule has 0 aliphatic carbocycles. The Hall–Kier alpha value is -2.89. The normalized spacial score (nSPS) is 13.3. The molecule has 0 radical (unpaired) electrons. The summed E-state index contributed by atoms with van der Waals surface area (Å²) < 4.78 is 10.7. The number of amides is 1. The van der Waals surface area contributed by atoms with Gasteiger partial charge < -0.3 is 25.0 Å². The quantitative estimate of drug-likeness (QED) is 0.666. The van der Waals surface area contributed by atoms with E-state index in [1.165, 1.54) is 18.5 Å². The van der Waals surface area contributed by atoms with Crippen LogP contribution in [0.15, 0.2) is 48.5 Å². The standard InChI is InChI=1S/C21H27N3O3/c1-26-19-8-10-20(11-9-19)27-15-12-22-21(25)16-23-17-4-6-18(7-5-17)24-13-2-3-14-24/h4-11,23H,2-3,12-16H2,1H3,(H,22,25). The fourth-order valence-electron chi connectivity index (χ4n) is 3.04. The van der Waals surface area contributed by atoms with Crippen molar-refractivity contribution in [3.8, 4) is 11.5 Å². The van der Waals surface area contributed by atoms with Crippen LogP contribution in [0.2, 0.25) is 0 Å². The second-order valence-corrected chi connectivity index (χ2v) is 6.47. The summed E-state index contributed by atoms with van der Waals surface area (Å²) in [5.74, 6) is 1.48. The van der Waals surface area contributed by atoms with Gasteiger partial charge in [0, 0.05) is 24.5 Å². The van der Waals surface area contributed by atoms with Gasteiger partial charge in [0.1, 0.15) is 18.1 Å². The van der Waals surface area contributed by atoms with E-state index in [-0.39, 0.29) is 12.5 Å². The van der Waals surface area contributed by atoms with Crippen LogP contribution in [0.4, 0.5) is 11.4 Å². The number of benzene rings is 2. The molecule has 0 saturated carbocycles. The van der Waals surface area contributed by atoms with Crippen molar-refractivity contribution in [2.75, 3.05) is 50.1 Å². The number of carbonyl (C=O) groups excluding carboxylic acids is 1. The molecule has 1 aliphatic heterocycles. The number of nitrogens with one attached hydrogen (secondary N) is 2. The van der Waals surface area contributed by atoms with Gasteiger partial charge >= 0.3 is 0 Å². The van der Waals surface area contributed by atoms with Gasteiger partial charge in [0.05, 0.1) is 20.2 Å². The van der Waals surface area contributed by atoms with Crippen molar-refractivity contribution >= 4 is 17.3 Å². The summed E-state index contributed by atoms with van der Waals surface area (Å²) in [6, 6.07) is 15.6. The highest BCUT2D eigenvalue weighted by atomic mass is 16.5. The molecule has 0 spiro atoms. The molecule has 27 heavy (non-hydrogen) atoms. The first kappa shape index (κ1) is 18.9. The average molecular weight is 369 g/mol. The maximum atomic E-state index is 11.9. The lowest BCUT2D eigenvalue weighted by molar-refractivity contribution is -0.119. The van der Waals surface area contributed by atoms with E-state index in [4.69, 9.17) is 9.47 Å². The smallest absolute Gasteiger partial charge is 0.239 e. The van der Waals surface area contributed by atoms with Crippen molar-refractivity contribution in [1.29, 1.82) is 0 Å². The Balaban J connectivity index is 1.32. The van der Waals surface area contributed by atoms with Crippen LogP contribution in [0.5, 0.6) is 11.5 Å². The fourth-order valence-corrected chi connectivity index (χ4v) is 3.04. The highest BCUT2D eigenvalue weighted by Crippen LogP contribution is 2.22. The number of anilines is 2. The first-order valence-electron chi connectivity index (χ1n) is 9.37. The predicted octanol–water partition coefficient (Wildman–Crippen LogP) is 2.90. The van der Waals surface area contributed by atoms with Gasteiger partial charge in [-0.2, -0.15) is 0 Å². The molecule has 2 aromatic rings. The summed E-state index contributed by atoms with van der Waals surface area (Å²) >= 11 is 0. The lowest BCUT2D eigenvalue weighted by Gasteiger charge is -2.18. The van der Waals surface area contributed by atoms with Crippen LogP contribution in [0.25, 0.3) is 0 Å². The van der Waals surface area contributed by atoms with Crippen LogP contribution in [0, 0.1) is 0 Å². The summed E-state index contributed by atoms with van der Waals surface area (Å²) in [4.78, 5) is 14.3. The van der Waals surface area contributed by atoms with Gasteiger partial charge in [-0.3, -0.25) is 4.79 Å². The molecule has 6 heteroatoms. The minimum Gasteiger partial charge on any atom is -0.497 e. The molecule has 3 rings (SSSR count). The zero-order valence-electron chi connectivity index (χ0n) is 15.7. The number of rotatable bonds is 9. The first-order chi connectivity index (χ1) is 13.2. The Morgan fingerprint density at radius 3 is 2.33 bits per heavy atom. The van der Waals surface area contributed by atoms with Crippen LogP contribution in [0.3, 0.4) is 0 Å². The molecule has 1 fully saturated rings. The minimum absolute atomic E-state index is 0.0584. The highest BCUT2D eigenvalue weighted by Gasteiger charge is 2.11. The molecule has 1 saturated heterocycles. The topological polar surface area (TPSA) is 62.8 Å². The first-order valence-corrected chi connectivity index (χ1v) is 9.37. The summed E-state index contributed by atoms with van der Waals surface area (Å²) in [7, 11) is 1.63. The van der Waals surface area contributed by atoms with Crippen molar-refractivity contribution in [3.05, 3.63) is 48.5 Å². The summed E-state index contributed by atoms with van der Waals surface area (Å²) in [6.45, 7) is 3.39. The average Bonchev–Trinajstić information content (AvgIpc) is 3.25. The molecule has 1 heterocycles. The number of methoxy groups -OCH3 is 1. The molecule has 2 N–H and O–H groups in total. The molecule has 1 aliphatic rings. The van der Waals surface area contributed by atoms with E-state index in [0.717, 1.165) is 30.3 Å². The Morgan fingerprint density at radius 2 is 1.67 bits per heavy atom. The highest BCUT2D eigenvalue weighted by molar-refractivity contribution is 5.80. The maximum Gasteiger partial charge on any atom is 0.239 e. The molecule has 2 aromatic carbocycles. The molecule has 0 unspecified atom stereocenters. The van der Waals surface area contributed by atoms with E-state index in [1.807, 2.05) is 36.4 Å². The van der Waals surface area contributed by atoms with Crippen molar-refractivity contribution in [2.24, 2.45) is 0 Å². The van der Waals surface area contributed by atoms with Gasteiger partial charge in [0.2, 0.25) is 5.91 Å². The van der Waals surface area contributed by atoms with Gasteiger partial charge in [-0.1, -0.05) is 0 Å². The third kappa shape index (κ3) is 5.81. The van der Waals surface area contributed by atoms with Crippen LogP contribution >= 0.6 is 0 Å². The molecule has 0 aromatic heterocycles. The van der Waals surface area contributed by atoms with Gasteiger partial charge in [-0.15, -0.1) is 0 Å². The van der Waals surface area contributed by atoms with E-state index in [1.54, 1.807) is 7.11 Å². The van der Waals surface area contributed by atoms with E-state index in [2.05, 4.69) is 27.7 Å². The van der Waals surface area contributed by atoms with Crippen molar-refractivity contribution in [1.82, 2.24) is 5.32 Å². The number of hydrogen-bond donors (Lipinski definition) is 2. The minimum atomic E-state index is -0.0584. The van der Waals surface area contributed by atoms with Crippen LogP contribution in [0.1, 0.15) is 12.8 Å². The molecule has 1 amide bonds. The van der Waals surface area contributed by atoms with E-state index >= 15 is 0 Å². The molecule has 6 nitrogen and oxygen atoms in total. The zero-order chi connectivity index (χ0) is 18.9. The zero-order valence-corrected chi connectivity index (χ0v) is 15.7. The number of hydrogen-bond acceptors (Lipinski definition) is 5. The van der Waals surface area contributed by atoms with Crippen LogP contribution < -0.4 is 25.0 Å². The monoisotopic (exact) mass is 369 g/mol. The van der Waals surface area contributed by atoms with E-state index in [9.17, 15) is 4.79 Å². The fraction of sp³-hybridized carbons (Fsp3) is 0.381. The van der Waals surface area contributed by atoms with Crippen molar-refractivity contribution in [3.63, 3.8) is 0 Å². The molecular weight excluding hydrogens is 342 g/mol. The second kappa shape index (κ2) is 9.71. The van der Waals surface area contributed by atoms with Crippen LogP contribution in [-0.2, 0) is 4.79 Å². The van der Waals surface area contributed by atoms with Gasteiger partial charge in [0.15, 0.2) is 0 Å². The summed E-state index contributed by atoms with van der Waals surface area (Å²) in [6.07, 6.45) is 2.53. The summed E-state index contributed by atoms with van der Waals surface area (Å²) in [5.41, 5.74) is 2.20. The Kier molecular flexibility index (Phi) is 6.79. The van der Waals surface area contributed by atoms with Crippen LogP contribution in [-0.4, -0.2) is 45.8 Å². The van der Waals surface area contributed by atoms with Gasteiger partial charge in [0.25, 0.3) is 0 Å². The van der Waals surface area contributed by atoms with E-state index in [0.29, 0.717) is 13.2 Å². The van der Waals surface area contributed by atoms with E-state index < -0.39 is 0 Å². The molecule has 0 atom stereocenters. The largest absolute Gasteiger partial charge is 0.497 e. The molecular formula is C21H27N3O3. The molecule has 144 valence electrons. The third-order valence-electron chi connectivity index (χ3n) is 4.54. The lowest BCUT2D eigenvalue weighted by Crippen LogP contribution is -2.33. The SMILES string of the molecule is COc1ccc(OCCNC(=O)CNc2ccc(N3CCCC3)cc2)cc1. The van der Waals surface area contributed by atoms with Crippen molar-refractivity contribution in [2.45, 2.75) is 12.8 Å². The van der Waals surface area contributed by atoms with Gasteiger partial charge in [-0.05, 0) is 61.4 Å². The summed E-state index contributed by atoms with van der Waals surface area (Å²) in [5, 5.41) is 5.99. The Morgan fingerprint density at radius 1 is 1.00 bits per heavy atom. The van der Waals surface area contributed by atoms with Crippen molar-refractivity contribution < 1.29 is 14.3 Å². The third-order valence-corrected chi connectivity index (χ3v) is 4.54. The number of nitrogens with zero attached hydrogens (tertiary/aromatic N) is 1. The molecule has 0 bridgehead atoms. The lowest BCUT2D eigenvalue weighted by atomic mass is 10.2. The predicted molar refractivity (Wildman–Crippen MR) is 108 cm³/mol. The number of ether oxygens (including phenoxy) is 2. The Bertz CT molecular complexity index is 710. The number of carbonyl (C=O) groups is 1. The van der Waals surface area contributed by atoms with Gasteiger partial charge in [-0.25, -0.2) is 0 Å². The second-order valence-electron chi connectivity index (χ2n) is 6.47.